The second-order valence-corrected chi connectivity index (χ2v) is 7.39. The number of aromatic amines is 1. The van der Waals surface area contributed by atoms with Crippen LogP contribution in [0.2, 0.25) is 0 Å². The molecule has 0 aliphatic heterocycles. The van der Waals surface area contributed by atoms with Gasteiger partial charge in [0.05, 0.1) is 5.25 Å². The maximum absolute atomic E-state index is 12.6. The number of amides is 1. The van der Waals surface area contributed by atoms with E-state index in [0.717, 1.165) is 37.1 Å². The van der Waals surface area contributed by atoms with Crippen LogP contribution in [0.15, 0.2) is 40.3 Å². The van der Waals surface area contributed by atoms with Crippen LogP contribution >= 0.6 is 11.8 Å². The summed E-state index contributed by atoms with van der Waals surface area (Å²) >= 11 is 1.31. The Balaban J connectivity index is 2.06. The van der Waals surface area contributed by atoms with Crippen LogP contribution in [0.4, 0.5) is 5.69 Å². The van der Waals surface area contributed by atoms with Crippen LogP contribution in [-0.2, 0) is 17.6 Å². The summed E-state index contributed by atoms with van der Waals surface area (Å²) in [6.45, 7) is 6.16. The topological polar surface area (TPSA) is 74.8 Å². The molecule has 0 saturated carbocycles. The van der Waals surface area contributed by atoms with Gasteiger partial charge in [0, 0.05) is 17.4 Å². The molecule has 2 aromatic rings. The van der Waals surface area contributed by atoms with Crippen molar-refractivity contribution in [1.82, 2.24) is 9.97 Å². The highest BCUT2D eigenvalue weighted by Gasteiger charge is 2.19. The number of carbonyl (C=O) groups excluding carboxylic acids is 1. The van der Waals surface area contributed by atoms with E-state index in [4.69, 9.17) is 0 Å². The normalized spacial score (nSPS) is 12.0. The molecule has 1 unspecified atom stereocenters. The zero-order valence-corrected chi connectivity index (χ0v) is 16.5. The second-order valence-electron chi connectivity index (χ2n) is 6.20. The fourth-order valence-corrected chi connectivity index (χ4v) is 3.46. The first kappa shape index (κ1) is 20.2. The molecule has 1 aromatic heterocycles. The van der Waals surface area contributed by atoms with Crippen LogP contribution < -0.4 is 10.9 Å². The molecule has 0 fully saturated rings. The SMILES string of the molecule is CCCCc1cc(=O)[nH]c(SC(CC)C(=O)Nc2ccc(CC)cc2)n1. The fraction of sp³-hybridized carbons (Fsp3) is 0.450. The highest BCUT2D eigenvalue weighted by Crippen LogP contribution is 2.23. The van der Waals surface area contributed by atoms with Gasteiger partial charge in [-0.1, -0.05) is 51.1 Å². The molecule has 5 nitrogen and oxygen atoms in total. The minimum absolute atomic E-state index is 0.0802. The monoisotopic (exact) mass is 373 g/mol. The van der Waals surface area contributed by atoms with E-state index in [1.54, 1.807) is 0 Å². The average molecular weight is 374 g/mol. The minimum Gasteiger partial charge on any atom is -0.325 e. The van der Waals surface area contributed by atoms with Gasteiger partial charge in [-0.05, 0) is 43.4 Å². The van der Waals surface area contributed by atoms with E-state index in [2.05, 4.69) is 29.1 Å². The van der Waals surface area contributed by atoms with Crippen molar-refractivity contribution in [2.75, 3.05) is 5.32 Å². The highest BCUT2D eigenvalue weighted by molar-refractivity contribution is 8.00. The summed E-state index contributed by atoms with van der Waals surface area (Å²) in [5.74, 6) is -0.0802. The summed E-state index contributed by atoms with van der Waals surface area (Å²) in [5.41, 5.74) is 2.63. The van der Waals surface area contributed by atoms with Gasteiger partial charge < -0.3 is 10.3 Å². The third-order valence-corrected chi connectivity index (χ3v) is 5.35. The van der Waals surface area contributed by atoms with Crippen LogP contribution in [0, 0.1) is 0 Å². The number of aryl methyl sites for hydroxylation is 2. The molecule has 1 aromatic carbocycles. The molecular weight excluding hydrogens is 346 g/mol. The zero-order chi connectivity index (χ0) is 18.9. The van der Waals surface area contributed by atoms with Gasteiger partial charge in [0.2, 0.25) is 5.91 Å². The van der Waals surface area contributed by atoms with Crippen LogP contribution in [0.3, 0.4) is 0 Å². The minimum atomic E-state index is -0.314. The van der Waals surface area contributed by atoms with E-state index in [9.17, 15) is 9.59 Å². The standard InChI is InChI=1S/C20H27N3O2S/c1-4-7-8-16-13-18(24)23-20(22-16)26-17(6-3)19(25)21-15-11-9-14(5-2)10-12-15/h9-13,17H,4-8H2,1-3H3,(H,21,25)(H,22,23,24). The maximum atomic E-state index is 12.6. The highest BCUT2D eigenvalue weighted by atomic mass is 32.2. The number of anilines is 1. The number of benzene rings is 1. The van der Waals surface area contributed by atoms with Crippen molar-refractivity contribution >= 4 is 23.4 Å². The Kier molecular flexibility index (Phi) is 7.91. The van der Waals surface area contributed by atoms with Gasteiger partial charge >= 0.3 is 0 Å². The van der Waals surface area contributed by atoms with E-state index >= 15 is 0 Å². The Labute approximate surface area is 159 Å². The summed E-state index contributed by atoms with van der Waals surface area (Å²) in [7, 11) is 0. The number of unbranched alkanes of at least 4 members (excludes halogenated alkanes) is 1. The number of hydrogen-bond acceptors (Lipinski definition) is 4. The van der Waals surface area contributed by atoms with Gasteiger partial charge in [0.15, 0.2) is 5.16 Å². The van der Waals surface area contributed by atoms with Gasteiger partial charge in [0.1, 0.15) is 0 Å². The second kappa shape index (κ2) is 10.2. The first-order chi connectivity index (χ1) is 12.5. The molecule has 1 amide bonds. The Morgan fingerprint density at radius 2 is 1.96 bits per heavy atom. The van der Waals surface area contributed by atoms with Crippen molar-refractivity contribution in [2.24, 2.45) is 0 Å². The Hall–Kier alpha value is -2.08. The smallest absolute Gasteiger partial charge is 0.251 e. The van der Waals surface area contributed by atoms with Gasteiger partial charge in [-0.3, -0.25) is 9.59 Å². The number of carbonyl (C=O) groups is 1. The van der Waals surface area contributed by atoms with E-state index in [0.29, 0.717) is 11.6 Å². The first-order valence-electron chi connectivity index (χ1n) is 9.22. The van der Waals surface area contributed by atoms with Crippen LogP contribution in [0.1, 0.15) is 51.3 Å². The molecular formula is C20H27N3O2S. The van der Waals surface area contributed by atoms with Crippen molar-refractivity contribution in [3.8, 4) is 0 Å². The van der Waals surface area contributed by atoms with E-state index in [-0.39, 0.29) is 16.7 Å². The van der Waals surface area contributed by atoms with Gasteiger partial charge in [-0.2, -0.15) is 0 Å². The predicted molar refractivity (Wildman–Crippen MR) is 108 cm³/mol. The lowest BCUT2D eigenvalue weighted by Crippen LogP contribution is -2.25. The number of aromatic nitrogens is 2. The molecule has 0 aliphatic carbocycles. The molecule has 0 saturated heterocycles. The summed E-state index contributed by atoms with van der Waals surface area (Å²) in [4.78, 5) is 31.7. The average Bonchev–Trinajstić information content (AvgIpc) is 2.64. The molecule has 140 valence electrons. The molecule has 1 atom stereocenters. The molecule has 0 bridgehead atoms. The molecule has 6 heteroatoms. The van der Waals surface area contributed by atoms with Crippen molar-refractivity contribution in [3.63, 3.8) is 0 Å². The first-order valence-corrected chi connectivity index (χ1v) is 10.1. The number of nitrogens with zero attached hydrogens (tertiary/aromatic N) is 1. The maximum Gasteiger partial charge on any atom is 0.251 e. The Bertz CT molecular complexity index is 771. The molecule has 0 spiro atoms. The number of thioether (sulfide) groups is 1. The lowest BCUT2D eigenvalue weighted by molar-refractivity contribution is -0.115. The molecule has 0 aliphatic rings. The number of rotatable bonds is 9. The lowest BCUT2D eigenvalue weighted by atomic mass is 10.1. The number of nitrogens with one attached hydrogen (secondary N) is 2. The summed E-state index contributed by atoms with van der Waals surface area (Å²) < 4.78 is 0. The third kappa shape index (κ3) is 6.02. The Morgan fingerprint density at radius 1 is 1.23 bits per heavy atom. The van der Waals surface area contributed by atoms with E-state index < -0.39 is 0 Å². The van der Waals surface area contributed by atoms with E-state index in [1.165, 1.54) is 23.4 Å². The molecule has 2 N–H and O–H groups in total. The zero-order valence-electron chi connectivity index (χ0n) is 15.7. The molecule has 26 heavy (non-hydrogen) atoms. The van der Waals surface area contributed by atoms with Crippen LogP contribution in [0.25, 0.3) is 0 Å². The lowest BCUT2D eigenvalue weighted by Gasteiger charge is -2.14. The number of H-pyrrole nitrogens is 1. The van der Waals surface area contributed by atoms with Gasteiger partial charge in [0.25, 0.3) is 5.56 Å². The van der Waals surface area contributed by atoms with Crippen LogP contribution in [-0.4, -0.2) is 21.1 Å². The van der Waals surface area contributed by atoms with Crippen molar-refractivity contribution < 1.29 is 4.79 Å². The molecule has 1 heterocycles. The predicted octanol–water partition coefficient (Wildman–Crippen LogP) is 4.18. The Morgan fingerprint density at radius 3 is 2.58 bits per heavy atom. The van der Waals surface area contributed by atoms with Crippen molar-refractivity contribution in [1.29, 1.82) is 0 Å². The summed E-state index contributed by atoms with van der Waals surface area (Å²) in [5, 5.41) is 3.14. The van der Waals surface area contributed by atoms with Crippen LogP contribution in [0.5, 0.6) is 0 Å². The largest absolute Gasteiger partial charge is 0.325 e. The number of hydrogen-bond donors (Lipinski definition) is 2. The molecule has 0 radical (unpaired) electrons. The van der Waals surface area contributed by atoms with Gasteiger partial charge in [-0.15, -0.1) is 0 Å². The summed E-state index contributed by atoms with van der Waals surface area (Å²) in [6, 6.07) is 9.40. The fourth-order valence-electron chi connectivity index (χ4n) is 2.53. The van der Waals surface area contributed by atoms with Crippen molar-refractivity contribution in [2.45, 2.75) is 63.3 Å². The molecule has 2 rings (SSSR count). The van der Waals surface area contributed by atoms with Crippen molar-refractivity contribution in [3.05, 3.63) is 51.9 Å². The summed E-state index contributed by atoms with van der Waals surface area (Å²) in [6.07, 6.45) is 4.43. The third-order valence-electron chi connectivity index (χ3n) is 4.11. The quantitative estimate of drug-likeness (QED) is 0.511. The van der Waals surface area contributed by atoms with E-state index in [1.807, 2.05) is 31.2 Å². The van der Waals surface area contributed by atoms with Gasteiger partial charge in [-0.25, -0.2) is 4.98 Å².